The number of rotatable bonds is 8. The third kappa shape index (κ3) is 5.74. The summed E-state index contributed by atoms with van der Waals surface area (Å²) in [5.74, 6) is -0.365. The molecule has 0 saturated heterocycles. The monoisotopic (exact) mass is 423 g/mol. The van der Waals surface area contributed by atoms with Gasteiger partial charge in [0.15, 0.2) is 0 Å². The maximum Gasteiger partial charge on any atom is 0.387 e. The van der Waals surface area contributed by atoms with Gasteiger partial charge < -0.3 is 14.1 Å². The van der Waals surface area contributed by atoms with Crippen LogP contribution in [0.1, 0.15) is 5.56 Å². The van der Waals surface area contributed by atoms with Crippen molar-refractivity contribution in [3.63, 3.8) is 0 Å². The van der Waals surface area contributed by atoms with Gasteiger partial charge in [0.25, 0.3) is 5.22 Å². The van der Waals surface area contributed by atoms with Gasteiger partial charge in [-0.15, -0.1) is 10.2 Å². The van der Waals surface area contributed by atoms with Gasteiger partial charge in [-0.3, -0.25) is 4.79 Å². The number of alkyl halides is 2. The predicted octanol–water partition coefficient (Wildman–Crippen LogP) is 4.23. The van der Waals surface area contributed by atoms with Crippen molar-refractivity contribution in [1.29, 1.82) is 0 Å². The smallest absolute Gasteiger partial charge is 0.387 e. The third-order valence-electron chi connectivity index (χ3n) is 3.84. The lowest BCUT2D eigenvalue weighted by Gasteiger charge is -2.16. The van der Waals surface area contributed by atoms with Crippen molar-refractivity contribution in [3.05, 3.63) is 59.9 Å². The first-order valence-corrected chi connectivity index (χ1v) is 9.40. The summed E-state index contributed by atoms with van der Waals surface area (Å²) < 4.78 is 47.8. The maximum atomic E-state index is 13.7. The molecule has 0 saturated carbocycles. The van der Waals surface area contributed by atoms with E-state index in [0.717, 1.165) is 11.8 Å². The fourth-order valence-electron chi connectivity index (χ4n) is 2.37. The minimum Gasteiger partial charge on any atom is -0.435 e. The molecule has 0 fully saturated rings. The molecule has 3 rings (SSSR count). The quantitative estimate of drug-likeness (QED) is 0.505. The van der Waals surface area contributed by atoms with Crippen molar-refractivity contribution in [2.24, 2.45) is 0 Å². The zero-order valence-corrected chi connectivity index (χ0v) is 16.0. The molecule has 0 aliphatic heterocycles. The minimum absolute atomic E-state index is 0.0151. The molecule has 3 aromatic rings. The number of ether oxygens (including phenoxy) is 1. The van der Waals surface area contributed by atoms with E-state index in [1.54, 1.807) is 25.2 Å². The first kappa shape index (κ1) is 20.7. The van der Waals surface area contributed by atoms with Crippen molar-refractivity contribution < 1.29 is 27.1 Å². The van der Waals surface area contributed by atoms with Gasteiger partial charge in [-0.1, -0.05) is 30.0 Å². The van der Waals surface area contributed by atoms with Crippen LogP contribution in [-0.4, -0.2) is 40.4 Å². The van der Waals surface area contributed by atoms with E-state index in [-0.39, 0.29) is 40.9 Å². The van der Waals surface area contributed by atoms with Crippen molar-refractivity contribution in [2.45, 2.75) is 18.4 Å². The topological polar surface area (TPSA) is 68.5 Å². The molecule has 1 heterocycles. The summed E-state index contributed by atoms with van der Waals surface area (Å²) in [6, 6.07) is 12.0. The molecule has 0 atom stereocenters. The number of hydrogen-bond donors (Lipinski definition) is 0. The second-order valence-corrected chi connectivity index (χ2v) is 6.83. The summed E-state index contributed by atoms with van der Waals surface area (Å²) in [5, 5.41) is 7.92. The summed E-state index contributed by atoms with van der Waals surface area (Å²) in [4.78, 5) is 13.7. The van der Waals surface area contributed by atoms with Crippen LogP contribution < -0.4 is 4.74 Å². The molecule has 0 aliphatic carbocycles. The van der Waals surface area contributed by atoms with Crippen molar-refractivity contribution in [2.75, 3.05) is 12.8 Å². The fraction of sp³-hybridized carbons (Fsp3) is 0.211. The van der Waals surface area contributed by atoms with Gasteiger partial charge in [0, 0.05) is 24.7 Å². The van der Waals surface area contributed by atoms with E-state index in [2.05, 4.69) is 14.9 Å². The van der Waals surface area contributed by atoms with Crippen LogP contribution in [-0.2, 0) is 11.3 Å². The molecule has 6 nitrogen and oxygen atoms in total. The highest BCUT2D eigenvalue weighted by atomic mass is 32.2. The standard InChI is InChI=1S/C19H16F3N3O3S/c1-25(10-13-4-2-3-5-15(13)20)16(26)11-29-19-24-23-17(28-19)12-6-8-14(9-7-12)27-18(21)22/h2-9,18H,10-11H2,1H3. The SMILES string of the molecule is CN(Cc1ccccc1F)C(=O)CSc1nnc(-c2ccc(OC(F)F)cc2)o1. The van der Waals surface area contributed by atoms with E-state index in [1.165, 1.54) is 35.2 Å². The summed E-state index contributed by atoms with van der Waals surface area (Å²) >= 11 is 1.05. The molecule has 1 aromatic heterocycles. The van der Waals surface area contributed by atoms with Crippen molar-refractivity contribution in [3.8, 4) is 17.2 Å². The lowest BCUT2D eigenvalue weighted by molar-refractivity contribution is -0.127. The number of halogens is 3. The number of carbonyl (C=O) groups is 1. The summed E-state index contributed by atoms with van der Waals surface area (Å²) in [5.41, 5.74) is 0.946. The zero-order chi connectivity index (χ0) is 20.8. The minimum atomic E-state index is -2.90. The number of aromatic nitrogens is 2. The van der Waals surface area contributed by atoms with Gasteiger partial charge in [0.1, 0.15) is 11.6 Å². The molecule has 0 bridgehead atoms. The Balaban J connectivity index is 1.54. The van der Waals surface area contributed by atoms with Crippen LogP contribution in [0.25, 0.3) is 11.5 Å². The molecule has 0 unspecified atom stereocenters. The Kier molecular flexibility index (Phi) is 6.76. The highest BCUT2D eigenvalue weighted by molar-refractivity contribution is 7.99. The summed E-state index contributed by atoms with van der Waals surface area (Å²) in [6.07, 6.45) is 0. The molecule has 1 amide bonds. The largest absolute Gasteiger partial charge is 0.435 e. The lowest BCUT2D eigenvalue weighted by Crippen LogP contribution is -2.28. The molecule has 10 heteroatoms. The molecule has 152 valence electrons. The van der Waals surface area contributed by atoms with Gasteiger partial charge in [-0.25, -0.2) is 4.39 Å². The van der Waals surface area contributed by atoms with Crippen molar-refractivity contribution in [1.82, 2.24) is 15.1 Å². The number of benzene rings is 2. The van der Waals surface area contributed by atoms with Crippen molar-refractivity contribution >= 4 is 17.7 Å². The van der Waals surface area contributed by atoms with Crippen LogP contribution in [0.4, 0.5) is 13.2 Å². The first-order valence-electron chi connectivity index (χ1n) is 8.41. The van der Waals surface area contributed by atoms with E-state index in [1.807, 2.05) is 0 Å². The molecule has 0 spiro atoms. The van der Waals surface area contributed by atoms with Crippen LogP contribution in [0.3, 0.4) is 0 Å². The highest BCUT2D eigenvalue weighted by Crippen LogP contribution is 2.25. The van der Waals surface area contributed by atoms with Gasteiger partial charge >= 0.3 is 6.61 Å². The number of nitrogens with zero attached hydrogens (tertiary/aromatic N) is 3. The van der Waals surface area contributed by atoms with Crippen LogP contribution in [0, 0.1) is 5.82 Å². The maximum absolute atomic E-state index is 13.7. The van der Waals surface area contributed by atoms with E-state index >= 15 is 0 Å². The number of amides is 1. The Bertz CT molecular complexity index is 967. The predicted molar refractivity (Wildman–Crippen MR) is 100.0 cm³/mol. The summed E-state index contributed by atoms with van der Waals surface area (Å²) in [6.45, 7) is -2.75. The van der Waals surface area contributed by atoms with E-state index in [0.29, 0.717) is 11.1 Å². The second kappa shape index (κ2) is 9.46. The Morgan fingerprint density at radius 3 is 2.59 bits per heavy atom. The van der Waals surface area contributed by atoms with Gasteiger partial charge in [0.05, 0.1) is 5.75 Å². The first-order chi connectivity index (χ1) is 13.9. The van der Waals surface area contributed by atoms with E-state index in [9.17, 15) is 18.0 Å². The number of hydrogen-bond acceptors (Lipinski definition) is 6. The summed E-state index contributed by atoms with van der Waals surface area (Å²) in [7, 11) is 1.58. The lowest BCUT2D eigenvalue weighted by atomic mass is 10.2. The molecule has 29 heavy (non-hydrogen) atoms. The molecular formula is C19H16F3N3O3S. The molecule has 0 N–H and O–H groups in total. The molecule has 0 aliphatic rings. The highest BCUT2D eigenvalue weighted by Gasteiger charge is 2.15. The van der Waals surface area contributed by atoms with E-state index < -0.39 is 6.61 Å². The van der Waals surface area contributed by atoms with Crippen LogP contribution in [0.5, 0.6) is 5.75 Å². The van der Waals surface area contributed by atoms with Gasteiger partial charge in [-0.2, -0.15) is 8.78 Å². The van der Waals surface area contributed by atoms with Crippen LogP contribution in [0.15, 0.2) is 58.2 Å². The number of carbonyl (C=O) groups excluding carboxylic acids is 1. The normalized spacial score (nSPS) is 10.9. The van der Waals surface area contributed by atoms with Gasteiger partial charge in [-0.05, 0) is 30.3 Å². The third-order valence-corrected chi connectivity index (χ3v) is 4.65. The average Bonchev–Trinajstić information content (AvgIpc) is 3.17. The van der Waals surface area contributed by atoms with Gasteiger partial charge in [0.2, 0.25) is 11.8 Å². The zero-order valence-electron chi connectivity index (χ0n) is 15.2. The Labute approximate surface area is 168 Å². The molecule has 0 radical (unpaired) electrons. The fourth-order valence-corrected chi connectivity index (χ4v) is 3.07. The Hall–Kier alpha value is -3.01. The Morgan fingerprint density at radius 1 is 1.17 bits per heavy atom. The Morgan fingerprint density at radius 2 is 1.90 bits per heavy atom. The van der Waals surface area contributed by atoms with E-state index in [4.69, 9.17) is 4.42 Å². The molecule has 2 aromatic carbocycles. The van der Waals surface area contributed by atoms with Crippen LogP contribution in [0.2, 0.25) is 0 Å². The average molecular weight is 423 g/mol. The second-order valence-electron chi connectivity index (χ2n) is 5.91. The molecular weight excluding hydrogens is 407 g/mol. The number of thioether (sulfide) groups is 1. The van der Waals surface area contributed by atoms with Crippen LogP contribution >= 0.6 is 11.8 Å².